The van der Waals surface area contributed by atoms with Gasteiger partial charge in [0.25, 0.3) is 0 Å². The molecule has 0 saturated heterocycles. The van der Waals surface area contributed by atoms with E-state index in [4.69, 9.17) is 5.11 Å². The summed E-state index contributed by atoms with van der Waals surface area (Å²) in [4.78, 5) is 9.30. The number of carbonyl (C=O) groups is 1. The molecule has 29 valence electrons. The van der Waals surface area contributed by atoms with Gasteiger partial charge in [0, 0.05) is 0 Å². The van der Waals surface area contributed by atoms with Crippen LogP contribution in [0.5, 0.6) is 0 Å². The summed E-state index contributed by atoms with van der Waals surface area (Å²) >= 11 is 1.85. The third-order valence-corrected chi connectivity index (χ3v) is 0.574. The van der Waals surface area contributed by atoms with Gasteiger partial charge in [0.05, 0.1) is 0 Å². The summed E-state index contributed by atoms with van der Waals surface area (Å²) < 4.78 is 0. The van der Waals surface area contributed by atoms with Gasteiger partial charge >= 0.3 is 37.2 Å². The van der Waals surface area contributed by atoms with Crippen molar-refractivity contribution in [1.82, 2.24) is 0 Å². The molecule has 5 heavy (non-hydrogen) atoms. The van der Waals surface area contributed by atoms with E-state index in [1.807, 2.05) is 16.0 Å². The fraction of sp³-hybridized carbons (Fsp3) is 0. The molecule has 2 nitrogen and oxygen atoms in total. The van der Waals surface area contributed by atoms with Crippen LogP contribution in [0.2, 0.25) is 0 Å². The van der Waals surface area contributed by atoms with Crippen LogP contribution in [0.4, 0.5) is 0 Å². The Balaban J connectivity index is 2.85. The van der Waals surface area contributed by atoms with Crippen molar-refractivity contribution in [2.45, 2.75) is 0 Å². The maximum atomic E-state index is 9.30. The van der Waals surface area contributed by atoms with E-state index in [0.29, 0.717) is 0 Å². The predicted molar refractivity (Wildman–Crippen MR) is 19.1 cm³/mol. The summed E-state index contributed by atoms with van der Waals surface area (Å²) in [5.41, 5.74) is 0. The van der Waals surface area contributed by atoms with Crippen LogP contribution < -0.4 is 0 Å². The second kappa shape index (κ2) is 2.24. The van der Waals surface area contributed by atoms with Crippen molar-refractivity contribution in [1.29, 1.82) is 0 Å². The van der Waals surface area contributed by atoms with Crippen LogP contribution >= 0.6 is 0 Å². The van der Waals surface area contributed by atoms with Crippen molar-refractivity contribution >= 4 is 22.0 Å². The molecule has 0 aromatic heterocycles. The van der Waals surface area contributed by atoms with Crippen LogP contribution in [0.25, 0.3) is 0 Å². The van der Waals surface area contributed by atoms with Crippen LogP contribution in [-0.2, 0) is 4.79 Å². The molecule has 0 aliphatic carbocycles. The van der Waals surface area contributed by atoms with Crippen LogP contribution in [0.15, 0.2) is 0 Å². The van der Waals surface area contributed by atoms with Gasteiger partial charge in [-0.1, -0.05) is 0 Å². The molecule has 0 saturated carbocycles. The van der Waals surface area contributed by atoms with Gasteiger partial charge in [0.15, 0.2) is 0 Å². The van der Waals surface area contributed by atoms with E-state index in [-0.39, 0.29) is 0 Å². The zero-order valence-electron chi connectivity index (χ0n) is 2.38. The Morgan fingerprint density at radius 2 is 2.20 bits per heavy atom. The van der Waals surface area contributed by atoms with E-state index < -0.39 is 5.97 Å². The molecular weight excluding hydrogens is 135 g/mol. The molecule has 3 heteroatoms. The second-order valence-corrected chi connectivity index (χ2v) is 1.01. The van der Waals surface area contributed by atoms with Crippen molar-refractivity contribution in [3.63, 3.8) is 0 Å². The Hall–Kier alpha value is -0.0105. The molecule has 0 aromatic carbocycles. The summed E-state index contributed by atoms with van der Waals surface area (Å²) in [6.45, 7) is 0. The molecule has 0 bridgehead atoms. The van der Waals surface area contributed by atoms with Crippen molar-refractivity contribution in [3.05, 3.63) is 5.32 Å². The van der Waals surface area contributed by atoms with E-state index in [1.165, 1.54) is 0 Å². The van der Waals surface area contributed by atoms with E-state index in [2.05, 4.69) is 0 Å². The molecule has 1 radical (unpaired) electrons. The number of carboxylic acids is 1. The number of aliphatic carboxylic acids is 1. The molecule has 0 unspecified atom stereocenters. The third-order valence-electron chi connectivity index (χ3n) is 0.110. The molecule has 0 aliphatic rings. The normalized spacial score (nSPS) is 7.40. The summed E-state index contributed by atoms with van der Waals surface area (Å²) in [5, 5.41) is 8.67. The van der Waals surface area contributed by atoms with Gasteiger partial charge in [-0.15, -0.1) is 0 Å². The Labute approximate surface area is 38.0 Å². The van der Waals surface area contributed by atoms with Crippen LogP contribution in [0.1, 0.15) is 0 Å². The molecule has 0 heterocycles. The molecule has 1 N–H and O–H groups in total. The summed E-state index contributed by atoms with van der Waals surface area (Å²) in [5.74, 6) is -0.898. The Morgan fingerprint density at radius 3 is 2.20 bits per heavy atom. The first-order valence-corrected chi connectivity index (χ1v) is 2.06. The molecule has 0 rings (SSSR count). The predicted octanol–water partition coefficient (Wildman–Crippen LogP) is -0.866. The Morgan fingerprint density at radius 1 is 2.00 bits per heavy atom. The SMILES string of the molecule is O=C(O)[CH][SeH]. The minimum atomic E-state index is -0.898. The molecule has 0 aliphatic heterocycles. The van der Waals surface area contributed by atoms with Gasteiger partial charge in [-0.3, -0.25) is 0 Å². The van der Waals surface area contributed by atoms with Gasteiger partial charge in [0.1, 0.15) is 0 Å². The number of carboxylic acid groups (broad SMARTS) is 1. The number of hydrogen-bond donors (Lipinski definition) is 1. The monoisotopic (exact) mass is 139 g/mol. The standard InChI is InChI=1S/C2H3O2Se/c3-2(4)1-5/h1,5H,(H,3,4). The molecule has 0 amide bonds. The van der Waals surface area contributed by atoms with Crippen molar-refractivity contribution < 1.29 is 9.90 Å². The van der Waals surface area contributed by atoms with E-state index >= 15 is 0 Å². The van der Waals surface area contributed by atoms with Gasteiger partial charge < -0.3 is 0 Å². The van der Waals surface area contributed by atoms with Gasteiger partial charge in [-0.05, 0) is 0 Å². The first-order valence-electron chi connectivity index (χ1n) is 0.975. The topological polar surface area (TPSA) is 37.3 Å². The molecule has 0 spiro atoms. The summed E-state index contributed by atoms with van der Waals surface area (Å²) in [7, 11) is 0. The van der Waals surface area contributed by atoms with Gasteiger partial charge in [-0.25, -0.2) is 0 Å². The first kappa shape index (κ1) is 4.99. The number of rotatable bonds is 1. The fourth-order valence-electron chi connectivity index (χ4n) is 0. The van der Waals surface area contributed by atoms with Crippen molar-refractivity contribution in [2.24, 2.45) is 0 Å². The quantitative estimate of drug-likeness (QED) is 0.478. The zero-order valence-corrected chi connectivity index (χ0v) is 4.26. The third kappa shape index (κ3) is 3.99. The second-order valence-electron chi connectivity index (χ2n) is 0.467. The van der Waals surface area contributed by atoms with Crippen LogP contribution in [-0.4, -0.2) is 27.1 Å². The fourth-order valence-corrected chi connectivity index (χ4v) is 0. The van der Waals surface area contributed by atoms with Gasteiger partial charge in [-0.2, -0.15) is 0 Å². The minimum absolute atomic E-state index is 0.898. The van der Waals surface area contributed by atoms with Crippen molar-refractivity contribution in [3.8, 4) is 0 Å². The molecule has 0 atom stereocenters. The Kier molecular flexibility index (Phi) is 2.24. The zero-order chi connectivity index (χ0) is 4.28. The van der Waals surface area contributed by atoms with E-state index in [0.717, 1.165) is 5.32 Å². The Bertz CT molecular complexity index is 42.9. The number of hydrogen-bond acceptors (Lipinski definition) is 1. The molecular formula is C2H3O2Se. The van der Waals surface area contributed by atoms with Crippen molar-refractivity contribution in [2.75, 3.05) is 0 Å². The maximum absolute atomic E-state index is 9.30. The van der Waals surface area contributed by atoms with E-state index in [1.54, 1.807) is 0 Å². The van der Waals surface area contributed by atoms with Gasteiger partial charge in [0.2, 0.25) is 0 Å². The average Bonchev–Trinajstić information content (AvgIpc) is 1.38. The molecule has 0 fully saturated rings. The molecule has 0 aromatic rings. The van der Waals surface area contributed by atoms with Crippen LogP contribution in [0.3, 0.4) is 0 Å². The summed E-state index contributed by atoms with van der Waals surface area (Å²) in [6.07, 6.45) is 0. The average molecular weight is 138 g/mol. The van der Waals surface area contributed by atoms with Crippen LogP contribution in [0, 0.1) is 5.32 Å². The summed E-state index contributed by atoms with van der Waals surface area (Å²) in [6, 6.07) is 0. The van der Waals surface area contributed by atoms with E-state index in [9.17, 15) is 4.79 Å². The first-order chi connectivity index (χ1) is 2.27.